The second kappa shape index (κ2) is 4.30. The van der Waals surface area contributed by atoms with E-state index < -0.39 is 23.0 Å². The van der Waals surface area contributed by atoms with Crippen LogP contribution in [0.15, 0.2) is 30.4 Å². The van der Waals surface area contributed by atoms with Crippen molar-refractivity contribution >= 4 is 17.5 Å². The summed E-state index contributed by atoms with van der Waals surface area (Å²) in [5.41, 5.74) is 0.689. The van der Waals surface area contributed by atoms with Gasteiger partial charge >= 0.3 is 0 Å². The predicted octanol–water partition coefficient (Wildman–Crippen LogP) is 1.50. The van der Waals surface area contributed by atoms with Crippen LogP contribution in [0.4, 0.5) is 5.69 Å². The maximum Gasteiger partial charge on any atom is 0.241 e. The van der Waals surface area contributed by atoms with Crippen LogP contribution in [0.2, 0.25) is 0 Å². The first-order valence-electron chi connectivity index (χ1n) is 7.79. The van der Waals surface area contributed by atoms with E-state index in [9.17, 15) is 14.7 Å². The molecule has 3 aliphatic heterocycles. The highest BCUT2D eigenvalue weighted by Crippen LogP contribution is 2.57. The lowest BCUT2D eigenvalue weighted by molar-refractivity contribution is -0.131. The summed E-state index contributed by atoms with van der Waals surface area (Å²) in [6.45, 7) is 5.37. The summed E-state index contributed by atoms with van der Waals surface area (Å²) < 4.78 is 5.91. The molecular weight excluding hydrogens is 294 g/mol. The molecule has 1 aromatic rings. The largest absolute Gasteiger partial charge is 0.393 e. The number of imide groups is 1. The summed E-state index contributed by atoms with van der Waals surface area (Å²) in [6, 6.07) is 5.66. The van der Waals surface area contributed by atoms with Gasteiger partial charge in [0, 0.05) is 0 Å². The predicted molar refractivity (Wildman–Crippen MR) is 83.8 cm³/mol. The molecule has 1 N–H and O–H groups in total. The molecule has 0 spiro atoms. The maximum absolute atomic E-state index is 13.0. The summed E-state index contributed by atoms with van der Waals surface area (Å²) in [5, 5.41) is 9.80. The third-order valence-corrected chi connectivity index (χ3v) is 5.40. The van der Waals surface area contributed by atoms with E-state index in [-0.39, 0.29) is 18.4 Å². The van der Waals surface area contributed by atoms with Gasteiger partial charge in [-0.05, 0) is 32.4 Å². The molecule has 4 atom stereocenters. The number of aryl methyl sites for hydroxylation is 2. The summed E-state index contributed by atoms with van der Waals surface area (Å²) in [5.74, 6) is -1.76. The summed E-state index contributed by atoms with van der Waals surface area (Å²) in [7, 11) is 0. The van der Waals surface area contributed by atoms with E-state index >= 15 is 0 Å². The van der Waals surface area contributed by atoms with Crippen LogP contribution in [0.3, 0.4) is 0 Å². The highest BCUT2D eigenvalue weighted by molar-refractivity contribution is 6.23. The topological polar surface area (TPSA) is 66.8 Å². The third-order valence-electron chi connectivity index (χ3n) is 5.40. The van der Waals surface area contributed by atoms with Crippen molar-refractivity contribution < 1.29 is 19.4 Å². The Morgan fingerprint density at radius 2 is 1.87 bits per heavy atom. The molecule has 5 nitrogen and oxygen atoms in total. The van der Waals surface area contributed by atoms with E-state index in [4.69, 9.17) is 4.74 Å². The maximum atomic E-state index is 13.0. The van der Waals surface area contributed by atoms with Crippen LogP contribution >= 0.6 is 0 Å². The van der Waals surface area contributed by atoms with Gasteiger partial charge in [-0.3, -0.25) is 9.59 Å². The van der Waals surface area contributed by atoms with Crippen LogP contribution in [0.5, 0.6) is 0 Å². The minimum atomic E-state index is -1.07. The highest BCUT2D eigenvalue weighted by atomic mass is 16.5. The zero-order valence-corrected chi connectivity index (χ0v) is 13.4. The molecule has 1 aromatic carbocycles. The number of hydrogen-bond donors (Lipinski definition) is 1. The van der Waals surface area contributed by atoms with Crippen LogP contribution in [-0.4, -0.2) is 34.7 Å². The van der Waals surface area contributed by atoms with E-state index in [1.165, 1.54) is 4.90 Å². The van der Waals surface area contributed by atoms with Crippen molar-refractivity contribution in [3.63, 3.8) is 0 Å². The first kappa shape index (κ1) is 14.6. The number of aliphatic hydroxyl groups is 1. The van der Waals surface area contributed by atoms with E-state index in [0.29, 0.717) is 5.69 Å². The minimum absolute atomic E-state index is 0.242. The van der Waals surface area contributed by atoms with Gasteiger partial charge in [-0.1, -0.05) is 29.8 Å². The number of benzene rings is 1. The van der Waals surface area contributed by atoms with Gasteiger partial charge in [0.1, 0.15) is 5.60 Å². The average molecular weight is 313 g/mol. The van der Waals surface area contributed by atoms with E-state index in [0.717, 1.165) is 11.1 Å². The molecule has 23 heavy (non-hydrogen) atoms. The quantitative estimate of drug-likeness (QED) is 0.664. The Hall–Kier alpha value is -1.98. The second-order valence-electron chi connectivity index (χ2n) is 6.99. The molecule has 0 aromatic heterocycles. The van der Waals surface area contributed by atoms with Crippen molar-refractivity contribution in [2.75, 3.05) is 11.5 Å². The Bertz CT molecular complexity index is 770. The smallest absolute Gasteiger partial charge is 0.241 e. The number of rotatable bonds is 2. The van der Waals surface area contributed by atoms with Crippen molar-refractivity contribution in [2.24, 2.45) is 11.8 Å². The van der Waals surface area contributed by atoms with Crippen LogP contribution in [0.1, 0.15) is 18.1 Å². The van der Waals surface area contributed by atoms with Gasteiger partial charge in [0.05, 0.1) is 29.7 Å². The molecule has 3 heterocycles. The molecule has 5 heteroatoms. The lowest BCUT2D eigenvalue weighted by Crippen LogP contribution is -2.43. The van der Waals surface area contributed by atoms with Crippen molar-refractivity contribution in [3.8, 4) is 0 Å². The molecule has 0 radical (unpaired) electrons. The highest BCUT2D eigenvalue weighted by Gasteiger charge is 2.72. The lowest BCUT2D eigenvalue weighted by atomic mass is 9.73. The Labute approximate surface area is 134 Å². The number of ether oxygens (including phenoxy) is 1. The van der Waals surface area contributed by atoms with Gasteiger partial charge < -0.3 is 9.84 Å². The summed E-state index contributed by atoms with van der Waals surface area (Å²) in [6.07, 6.45) is 3.55. The van der Waals surface area contributed by atoms with Gasteiger partial charge in [-0.25, -0.2) is 4.90 Å². The monoisotopic (exact) mass is 313 g/mol. The zero-order chi connectivity index (χ0) is 16.6. The van der Waals surface area contributed by atoms with Crippen LogP contribution < -0.4 is 4.90 Å². The number of hydrogen-bond acceptors (Lipinski definition) is 4. The minimum Gasteiger partial charge on any atom is -0.393 e. The molecule has 0 aliphatic carbocycles. The number of carbonyl (C=O) groups excluding carboxylic acids is 2. The fourth-order valence-electron chi connectivity index (χ4n) is 4.33. The second-order valence-corrected chi connectivity index (χ2v) is 6.99. The van der Waals surface area contributed by atoms with Crippen molar-refractivity contribution in [1.29, 1.82) is 0 Å². The fourth-order valence-corrected chi connectivity index (χ4v) is 4.33. The lowest BCUT2D eigenvalue weighted by Gasteiger charge is -2.27. The molecule has 0 saturated carbocycles. The standard InChI is InChI=1S/C18H19NO4/c1-10-4-5-12(11(2)8-10)19-15(21)13-14(16(19)22)18(9-20)7-6-17(13,3)23-18/h4-8,13-14,20H,9H2,1-3H3. The molecule has 120 valence electrons. The Morgan fingerprint density at radius 3 is 2.52 bits per heavy atom. The molecule has 2 fully saturated rings. The van der Waals surface area contributed by atoms with Gasteiger partial charge in [0.25, 0.3) is 0 Å². The van der Waals surface area contributed by atoms with E-state index in [1.54, 1.807) is 12.2 Å². The third kappa shape index (κ3) is 1.64. The normalized spacial score (nSPS) is 37.8. The van der Waals surface area contributed by atoms with Crippen LogP contribution in [-0.2, 0) is 14.3 Å². The molecule has 2 bridgehead atoms. The van der Waals surface area contributed by atoms with Gasteiger partial charge in [-0.15, -0.1) is 0 Å². The van der Waals surface area contributed by atoms with Gasteiger partial charge in [0.15, 0.2) is 0 Å². The summed E-state index contributed by atoms with van der Waals surface area (Å²) in [4.78, 5) is 27.3. The zero-order valence-electron chi connectivity index (χ0n) is 13.4. The number of aliphatic hydroxyl groups excluding tert-OH is 1. The van der Waals surface area contributed by atoms with Crippen LogP contribution in [0.25, 0.3) is 0 Å². The van der Waals surface area contributed by atoms with E-state index in [1.807, 2.05) is 39.0 Å². The number of nitrogens with zero attached hydrogens (tertiary/aromatic N) is 1. The fraction of sp³-hybridized carbons (Fsp3) is 0.444. The first-order valence-corrected chi connectivity index (χ1v) is 7.79. The SMILES string of the molecule is Cc1ccc(N2C(=O)C3C(C2=O)C2(CO)C=CC3(C)O2)c(C)c1. The molecule has 2 amide bonds. The van der Waals surface area contributed by atoms with Crippen LogP contribution in [0, 0.1) is 25.7 Å². The van der Waals surface area contributed by atoms with Crippen molar-refractivity contribution in [3.05, 3.63) is 41.5 Å². The van der Waals surface area contributed by atoms with Gasteiger partial charge in [0.2, 0.25) is 11.8 Å². The van der Waals surface area contributed by atoms with Crippen molar-refractivity contribution in [1.82, 2.24) is 0 Å². The molecular formula is C18H19NO4. The van der Waals surface area contributed by atoms with Crippen molar-refractivity contribution in [2.45, 2.75) is 32.0 Å². The van der Waals surface area contributed by atoms with E-state index in [2.05, 4.69) is 0 Å². The Balaban J connectivity index is 1.83. The van der Waals surface area contributed by atoms with Gasteiger partial charge in [-0.2, -0.15) is 0 Å². The molecule has 3 aliphatic rings. The number of amides is 2. The molecule has 4 unspecified atom stereocenters. The number of anilines is 1. The summed E-state index contributed by atoms with van der Waals surface area (Å²) >= 11 is 0. The number of carbonyl (C=O) groups is 2. The first-order chi connectivity index (χ1) is 10.8. The average Bonchev–Trinajstić information content (AvgIpc) is 3.07. The Kier molecular flexibility index (Phi) is 2.73. The molecule has 4 rings (SSSR count). The number of fused-ring (bicyclic) bond motifs is 5. The Morgan fingerprint density at radius 1 is 1.17 bits per heavy atom. The molecule has 2 saturated heterocycles.